The molecule has 2 aliphatic heterocycles. The molecular weight excluding hydrogens is 473 g/mol. The molecule has 0 bridgehead atoms. The van der Waals surface area contributed by atoms with Gasteiger partial charge in [0.05, 0.1) is 23.3 Å². The minimum atomic E-state index is -4.32. The third-order valence-corrected chi connectivity index (χ3v) is 8.39. The predicted molar refractivity (Wildman–Crippen MR) is 104 cm³/mol. The average molecular weight is 487 g/mol. The van der Waals surface area contributed by atoms with Crippen LogP contribution in [0.3, 0.4) is 0 Å². The molecule has 2 aliphatic rings. The van der Waals surface area contributed by atoms with Crippen LogP contribution in [0.4, 0.5) is 9.93 Å². The zero-order chi connectivity index (χ0) is 22.4. The Labute approximate surface area is 207 Å². The number of hydrogen-bond donors (Lipinski definition) is 1. The number of carboxylic acid groups (broad SMARTS) is 1. The molecule has 3 atom stereocenters. The van der Waals surface area contributed by atoms with Crippen LogP contribution < -0.4 is 40.0 Å². The standard InChI is InChI=1S/C17H15N5O7S2.Na/c1-17(7-29-16(26)20-15-21-19-8-30-15)11(14(24)25)22-12(23)10(13(22)31(17,27)28)6-9-4-2-3-5-18-9;/h2-6,8,11,13H,7H2,1H3,(H,24,25)(H,20,21,26);/q;+1/p-1/b10-6-;/t11-,13+,17-;/m0./s1. The zero-order valence-corrected chi connectivity index (χ0v) is 20.4. The zero-order valence-electron chi connectivity index (χ0n) is 16.8. The molecule has 2 amide bonds. The van der Waals surface area contributed by atoms with Gasteiger partial charge in [0.15, 0.2) is 15.2 Å². The van der Waals surface area contributed by atoms with Gasteiger partial charge in [-0.1, -0.05) is 17.4 Å². The molecule has 1 N–H and O–H groups in total. The molecule has 0 spiro atoms. The van der Waals surface area contributed by atoms with E-state index in [0.717, 1.165) is 23.2 Å². The maximum absolute atomic E-state index is 13.3. The second-order valence-corrected chi connectivity index (χ2v) is 10.2. The number of pyridine rings is 1. The Morgan fingerprint density at radius 1 is 1.41 bits per heavy atom. The van der Waals surface area contributed by atoms with E-state index in [1.807, 2.05) is 0 Å². The number of carbonyl (C=O) groups excluding carboxylic acids is 3. The van der Waals surface area contributed by atoms with Crippen LogP contribution in [0.1, 0.15) is 12.6 Å². The third-order valence-electron chi connectivity index (χ3n) is 5.07. The number of aromatic nitrogens is 3. The second kappa shape index (κ2) is 8.86. The smallest absolute Gasteiger partial charge is 0.548 e. The van der Waals surface area contributed by atoms with E-state index >= 15 is 0 Å². The largest absolute Gasteiger partial charge is 1.00 e. The summed E-state index contributed by atoms with van der Waals surface area (Å²) in [5.74, 6) is -2.54. The van der Waals surface area contributed by atoms with Crippen LogP contribution in [-0.4, -0.2) is 69.2 Å². The topological polar surface area (TPSA) is 172 Å². The number of rotatable bonds is 5. The molecule has 4 heterocycles. The summed E-state index contributed by atoms with van der Waals surface area (Å²) in [4.78, 5) is 41.2. The fraction of sp³-hybridized carbons (Fsp3) is 0.294. The predicted octanol–water partition coefficient (Wildman–Crippen LogP) is -3.96. The molecule has 4 rings (SSSR count). The van der Waals surface area contributed by atoms with Crippen LogP contribution in [0.15, 0.2) is 35.5 Å². The molecule has 2 saturated heterocycles. The summed E-state index contributed by atoms with van der Waals surface area (Å²) in [6.45, 7) is 0.279. The number of anilines is 1. The van der Waals surface area contributed by atoms with Gasteiger partial charge in [-0.15, -0.1) is 10.2 Å². The Kier molecular flexibility index (Phi) is 6.72. The van der Waals surface area contributed by atoms with Crippen LogP contribution >= 0.6 is 11.3 Å². The van der Waals surface area contributed by atoms with E-state index in [-0.39, 0.29) is 40.3 Å². The van der Waals surface area contributed by atoms with Crippen molar-refractivity contribution in [2.24, 2.45) is 0 Å². The van der Waals surface area contributed by atoms with E-state index in [0.29, 0.717) is 5.69 Å². The summed E-state index contributed by atoms with van der Waals surface area (Å²) < 4.78 is 29.4. The summed E-state index contributed by atoms with van der Waals surface area (Å²) in [6, 6.07) is 3.03. The van der Waals surface area contributed by atoms with Crippen molar-refractivity contribution >= 4 is 50.4 Å². The van der Waals surface area contributed by atoms with Gasteiger partial charge in [0.1, 0.15) is 16.9 Å². The van der Waals surface area contributed by atoms with Gasteiger partial charge < -0.3 is 19.5 Å². The van der Waals surface area contributed by atoms with E-state index in [2.05, 4.69) is 20.5 Å². The van der Waals surface area contributed by atoms with Crippen molar-refractivity contribution in [2.45, 2.75) is 23.1 Å². The molecule has 2 aromatic heterocycles. The fourth-order valence-corrected chi connectivity index (χ4v) is 6.26. The van der Waals surface area contributed by atoms with Gasteiger partial charge in [0, 0.05) is 6.20 Å². The van der Waals surface area contributed by atoms with Crippen molar-refractivity contribution in [3.05, 3.63) is 41.2 Å². The Morgan fingerprint density at radius 3 is 2.75 bits per heavy atom. The second-order valence-electron chi connectivity index (χ2n) is 6.94. The van der Waals surface area contributed by atoms with Crippen LogP contribution in [0, 0.1) is 0 Å². The first-order chi connectivity index (χ1) is 14.7. The first kappa shape index (κ1) is 24.3. The Hall–Kier alpha value is -2.39. The van der Waals surface area contributed by atoms with Gasteiger partial charge in [-0.3, -0.25) is 15.1 Å². The van der Waals surface area contributed by atoms with Gasteiger partial charge in [-0.2, -0.15) is 0 Å². The molecular formula is C17H14N5NaO7S2. The number of β-lactam (4-membered cyclic amide) rings is 1. The van der Waals surface area contributed by atoms with Crippen molar-refractivity contribution in [1.29, 1.82) is 0 Å². The van der Waals surface area contributed by atoms with Crippen LogP contribution in [0.5, 0.6) is 0 Å². The molecule has 0 unspecified atom stereocenters. The number of fused-ring (bicyclic) bond motifs is 1. The number of ether oxygens (including phenoxy) is 1. The maximum Gasteiger partial charge on any atom is 1.00 e. The summed E-state index contributed by atoms with van der Waals surface area (Å²) >= 11 is 1.00. The van der Waals surface area contributed by atoms with Gasteiger partial charge >= 0.3 is 35.7 Å². The molecule has 15 heteroatoms. The summed E-state index contributed by atoms with van der Waals surface area (Å²) in [6.07, 6.45) is 1.71. The van der Waals surface area contributed by atoms with E-state index in [1.165, 1.54) is 17.8 Å². The molecule has 12 nitrogen and oxygen atoms in total. The van der Waals surface area contributed by atoms with Gasteiger partial charge in [-0.05, 0) is 25.1 Å². The maximum atomic E-state index is 13.3. The molecule has 0 saturated carbocycles. The Bertz CT molecular complexity index is 1190. The van der Waals surface area contributed by atoms with Crippen molar-refractivity contribution in [3.8, 4) is 0 Å². The number of nitrogens with zero attached hydrogens (tertiary/aromatic N) is 4. The monoisotopic (exact) mass is 487 g/mol. The van der Waals surface area contributed by atoms with Crippen molar-refractivity contribution < 1.29 is 62.2 Å². The molecule has 0 aromatic carbocycles. The van der Waals surface area contributed by atoms with Crippen LogP contribution in [0.25, 0.3) is 6.08 Å². The minimum absolute atomic E-state index is 0. The van der Waals surface area contributed by atoms with Gasteiger partial charge in [0.25, 0.3) is 5.91 Å². The number of carboxylic acids is 1. The molecule has 2 fully saturated rings. The van der Waals surface area contributed by atoms with Crippen LogP contribution in [0.2, 0.25) is 0 Å². The Morgan fingerprint density at radius 2 is 2.16 bits per heavy atom. The molecule has 2 aromatic rings. The number of aliphatic carboxylic acids is 1. The van der Waals surface area contributed by atoms with Crippen molar-refractivity contribution in [2.75, 3.05) is 11.9 Å². The number of amides is 2. The Balaban J connectivity index is 0.00000289. The van der Waals surface area contributed by atoms with E-state index in [9.17, 15) is 27.9 Å². The SMILES string of the molecule is C[C@]1(COC(=O)Nc2nncs2)[C@H](C(=O)[O-])N2C(=O)/C(=C/c3ccccn3)[C@H]2S1(=O)=O.[Na+]. The summed E-state index contributed by atoms with van der Waals surface area (Å²) in [5, 5.41) is 19.8. The van der Waals surface area contributed by atoms with Gasteiger partial charge in [0.2, 0.25) is 5.13 Å². The first-order valence-corrected chi connectivity index (χ1v) is 11.2. The van der Waals surface area contributed by atoms with E-state index in [1.54, 1.807) is 18.2 Å². The first-order valence-electron chi connectivity index (χ1n) is 8.76. The fourth-order valence-electron chi connectivity index (χ4n) is 3.56. The third kappa shape index (κ3) is 3.81. The molecule has 32 heavy (non-hydrogen) atoms. The van der Waals surface area contributed by atoms with Crippen molar-refractivity contribution in [1.82, 2.24) is 20.1 Å². The average Bonchev–Trinajstić information content (AvgIpc) is 3.28. The normalized spacial score (nSPS) is 26.6. The number of hydrogen-bond acceptors (Lipinski definition) is 11. The van der Waals surface area contributed by atoms with Gasteiger partial charge in [-0.25, -0.2) is 13.2 Å². The summed E-state index contributed by atoms with van der Waals surface area (Å²) in [5.41, 5.74) is 1.58. The molecule has 0 aliphatic carbocycles. The summed E-state index contributed by atoms with van der Waals surface area (Å²) in [7, 11) is -4.32. The number of nitrogens with one attached hydrogen (secondary N) is 1. The molecule has 0 radical (unpaired) electrons. The van der Waals surface area contributed by atoms with Crippen LogP contribution in [-0.2, 0) is 24.2 Å². The quantitative estimate of drug-likeness (QED) is 0.249. The number of sulfone groups is 1. The molecule has 162 valence electrons. The minimum Gasteiger partial charge on any atom is -0.548 e. The van der Waals surface area contributed by atoms with E-state index in [4.69, 9.17) is 4.74 Å². The van der Waals surface area contributed by atoms with Crippen molar-refractivity contribution in [3.63, 3.8) is 0 Å². The van der Waals surface area contributed by atoms with E-state index < -0.39 is 50.6 Å². The number of carbonyl (C=O) groups is 3.